The Hall–Kier alpha value is -1.70. The minimum absolute atomic E-state index is 0.00461. The Bertz CT molecular complexity index is 588. The number of alkyl halides is 11. The molecule has 0 saturated heterocycles. The van der Waals surface area contributed by atoms with Crippen LogP contribution in [0.4, 0.5) is 57.1 Å². The molecule has 0 saturated carbocycles. The van der Waals surface area contributed by atoms with Crippen molar-refractivity contribution in [2.24, 2.45) is 0 Å². The van der Waals surface area contributed by atoms with Crippen LogP contribution in [-0.2, 0) is 9.53 Å². The molecule has 0 aromatic rings. The number of ether oxygens (including phenoxy) is 1. The van der Waals surface area contributed by atoms with Gasteiger partial charge in [-0.3, -0.25) is 0 Å². The first kappa shape index (κ1) is 26.3. The van der Waals surface area contributed by atoms with Crippen LogP contribution in [0, 0.1) is 0 Å². The molecule has 0 heterocycles. The fourth-order valence-corrected chi connectivity index (χ4v) is 1.55. The van der Waals surface area contributed by atoms with Crippen LogP contribution in [0.15, 0.2) is 11.7 Å². The van der Waals surface area contributed by atoms with E-state index in [-0.39, 0.29) is 12.8 Å². The van der Waals surface area contributed by atoms with Crippen LogP contribution in [-0.4, -0.2) is 42.4 Å². The van der Waals surface area contributed by atoms with Crippen molar-refractivity contribution in [1.29, 1.82) is 0 Å². The summed E-state index contributed by atoms with van der Waals surface area (Å²) in [5, 5.41) is 0. The van der Waals surface area contributed by atoms with Gasteiger partial charge < -0.3 is 4.74 Å². The van der Waals surface area contributed by atoms with Crippen molar-refractivity contribution in [2.45, 2.75) is 56.1 Å². The molecule has 0 N–H and O–H groups in total. The third-order valence-electron chi connectivity index (χ3n) is 3.21. The first-order valence-electron chi connectivity index (χ1n) is 7.07. The molecule has 0 spiro atoms. The Balaban J connectivity index is 5.94. The van der Waals surface area contributed by atoms with E-state index in [0.717, 1.165) is 0 Å². The lowest BCUT2D eigenvalue weighted by atomic mass is 9.93. The molecule has 0 aliphatic rings. The van der Waals surface area contributed by atoms with E-state index >= 15 is 0 Å². The molecule has 0 rings (SSSR count). The molecule has 0 fully saturated rings. The lowest BCUT2D eigenvalue weighted by Crippen LogP contribution is -2.66. The highest BCUT2D eigenvalue weighted by molar-refractivity contribution is 5.88. The average molecular weight is 446 g/mol. The Morgan fingerprint density at radius 1 is 0.786 bits per heavy atom. The fourth-order valence-electron chi connectivity index (χ4n) is 1.55. The quantitative estimate of drug-likeness (QED) is 0.189. The van der Waals surface area contributed by atoms with Crippen molar-refractivity contribution in [1.82, 2.24) is 0 Å². The molecular formula is C13H11F13O2. The first-order chi connectivity index (χ1) is 12.3. The molecule has 0 bridgehead atoms. The number of hydrogen-bond donors (Lipinski definition) is 0. The van der Waals surface area contributed by atoms with Gasteiger partial charge in [-0.2, -0.15) is 57.1 Å². The van der Waals surface area contributed by atoms with E-state index in [1.165, 1.54) is 6.92 Å². The monoisotopic (exact) mass is 446 g/mol. The van der Waals surface area contributed by atoms with Crippen molar-refractivity contribution >= 4 is 5.97 Å². The standard InChI is InChI=1S/C13H11F13O2/c1-2-3-4-28-8(27)6(7(14)15)5-9(16,17)10(18,19)11(20,21)12(22,23)13(24,25)26/h2-5H2,1H3. The molecule has 0 aliphatic carbocycles. The molecule has 0 aromatic carbocycles. The van der Waals surface area contributed by atoms with Crippen molar-refractivity contribution in [3.8, 4) is 0 Å². The number of carbonyl (C=O) groups is 1. The molecule has 0 amide bonds. The van der Waals surface area contributed by atoms with Gasteiger partial charge in [0.2, 0.25) is 0 Å². The van der Waals surface area contributed by atoms with Crippen molar-refractivity contribution in [3.63, 3.8) is 0 Å². The highest BCUT2D eigenvalue weighted by Crippen LogP contribution is 2.58. The summed E-state index contributed by atoms with van der Waals surface area (Å²) in [6.07, 6.45) is -13.8. The zero-order chi connectivity index (χ0) is 22.8. The summed E-state index contributed by atoms with van der Waals surface area (Å²) in [4.78, 5) is 11.2. The van der Waals surface area contributed by atoms with Gasteiger partial charge in [0.05, 0.1) is 13.0 Å². The second-order valence-corrected chi connectivity index (χ2v) is 5.33. The minimum Gasteiger partial charge on any atom is -0.462 e. The maximum atomic E-state index is 13.5. The van der Waals surface area contributed by atoms with Crippen LogP contribution >= 0.6 is 0 Å². The van der Waals surface area contributed by atoms with E-state index in [1.54, 1.807) is 0 Å². The van der Waals surface area contributed by atoms with Gasteiger partial charge in [-0.05, 0) is 6.42 Å². The summed E-state index contributed by atoms with van der Waals surface area (Å²) in [5.41, 5.74) is -2.58. The number of halogens is 13. The zero-order valence-corrected chi connectivity index (χ0v) is 13.6. The highest BCUT2D eigenvalue weighted by Gasteiger charge is 2.87. The van der Waals surface area contributed by atoms with Crippen molar-refractivity contribution < 1.29 is 66.6 Å². The second-order valence-electron chi connectivity index (χ2n) is 5.33. The number of carbonyl (C=O) groups excluding carboxylic acids is 1. The molecule has 28 heavy (non-hydrogen) atoms. The fraction of sp³-hybridized carbons (Fsp3) is 0.769. The molecule has 166 valence electrons. The molecule has 2 nitrogen and oxygen atoms in total. The molecule has 0 aromatic heterocycles. The second kappa shape index (κ2) is 8.35. The number of unbranched alkanes of at least 4 members (excludes halogenated alkanes) is 1. The largest absolute Gasteiger partial charge is 0.462 e. The first-order valence-corrected chi connectivity index (χ1v) is 7.07. The maximum Gasteiger partial charge on any atom is 0.460 e. The van der Waals surface area contributed by atoms with Gasteiger partial charge in [-0.1, -0.05) is 13.3 Å². The van der Waals surface area contributed by atoms with Crippen LogP contribution in [0.3, 0.4) is 0 Å². The minimum atomic E-state index is -7.74. The molecule has 0 radical (unpaired) electrons. The topological polar surface area (TPSA) is 26.3 Å². The predicted molar refractivity (Wildman–Crippen MR) is 65.6 cm³/mol. The summed E-state index contributed by atoms with van der Waals surface area (Å²) in [6, 6.07) is 0. The smallest absolute Gasteiger partial charge is 0.460 e. The Labute approximate surface area is 148 Å². The van der Waals surface area contributed by atoms with Crippen molar-refractivity contribution in [2.75, 3.05) is 6.61 Å². The Morgan fingerprint density at radius 2 is 1.25 bits per heavy atom. The van der Waals surface area contributed by atoms with Gasteiger partial charge in [0, 0.05) is 0 Å². The number of rotatable bonds is 9. The van der Waals surface area contributed by atoms with Crippen LogP contribution < -0.4 is 0 Å². The van der Waals surface area contributed by atoms with Crippen LogP contribution in [0.1, 0.15) is 26.2 Å². The van der Waals surface area contributed by atoms with Crippen molar-refractivity contribution in [3.05, 3.63) is 11.7 Å². The van der Waals surface area contributed by atoms with E-state index in [1.807, 2.05) is 0 Å². The lowest BCUT2D eigenvalue weighted by Gasteiger charge is -2.37. The maximum absolute atomic E-state index is 13.5. The zero-order valence-electron chi connectivity index (χ0n) is 13.6. The van der Waals surface area contributed by atoms with E-state index in [4.69, 9.17) is 0 Å². The van der Waals surface area contributed by atoms with Gasteiger partial charge in [0.15, 0.2) is 0 Å². The van der Waals surface area contributed by atoms with Gasteiger partial charge in [-0.25, -0.2) is 4.79 Å². The third-order valence-corrected chi connectivity index (χ3v) is 3.21. The van der Waals surface area contributed by atoms with E-state index in [9.17, 15) is 61.9 Å². The van der Waals surface area contributed by atoms with E-state index in [0.29, 0.717) is 0 Å². The number of hydrogen-bond acceptors (Lipinski definition) is 2. The van der Waals surface area contributed by atoms with Gasteiger partial charge >= 0.3 is 35.8 Å². The van der Waals surface area contributed by atoms with Gasteiger partial charge in [0.1, 0.15) is 5.57 Å². The molecule has 0 unspecified atom stereocenters. The Kier molecular flexibility index (Phi) is 7.84. The van der Waals surface area contributed by atoms with Crippen LogP contribution in [0.25, 0.3) is 0 Å². The number of esters is 1. The van der Waals surface area contributed by atoms with Gasteiger partial charge in [-0.15, -0.1) is 0 Å². The van der Waals surface area contributed by atoms with Crippen LogP contribution in [0.2, 0.25) is 0 Å². The summed E-state index contributed by atoms with van der Waals surface area (Å²) in [6.45, 7) is 0.828. The highest BCUT2D eigenvalue weighted by atomic mass is 19.4. The molecular weight excluding hydrogens is 435 g/mol. The average Bonchev–Trinajstić information content (AvgIpc) is 2.50. The normalized spacial score (nSPS) is 14.1. The summed E-state index contributed by atoms with van der Waals surface area (Å²) in [7, 11) is 0. The summed E-state index contributed by atoms with van der Waals surface area (Å²) in [5.74, 6) is -31.8. The predicted octanol–water partition coefficient (Wildman–Crippen LogP) is 5.97. The SMILES string of the molecule is CCCCOC(=O)C(CC(F)(F)C(F)(F)C(F)(F)C(F)(F)C(F)(F)F)=C(F)F. The van der Waals surface area contributed by atoms with Crippen LogP contribution in [0.5, 0.6) is 0 Å². The van der Waals surface area contributed by atoms with E-state index < -0.39 is 60.5 Å². The third kappa shape index (κ3) is 4.82. The lowest BCUT2D eigenvalue weighted by molar-refractivity contribution is -0.421. The van der Waals surface area contributed by atoms with Gasteiger partial charge in [0.25, 0.3) is 6.08 Å². The van der Waals surface area contributed by atoms with E-state index in [2.05, 4.69) is 4.74 Å². The molecule has 0 aliphatic heterocycles. The Morgan fingerprint density at radius 3 is 1.61 bits per heavy atom. The molecule has 0 atom stereocenters. The molecule has 15 heteroatoms. The summed E-state index contributed by atoms with van der Waals surface area (Å²) < 4.78 is 170. The summed E-state index contributed by atoms with van der Waals surface area (Å²) >= 11 is 0.